The highest BCUT2D eigenvalue weighted by molar-refractivity contribution is 5.81. The molecular weight excluding hydrogens is 466 g/mol. The number of hydrogen-bond acceptors (Lipinski definition) is 5. The minimum Gasteiger partial charge on any atom is -0.394 e. The van der Waals surface area contributed by atoms with Crippen molar-refractivity contribution in [2.24, 2.45) is 0 Å². The van der Waals surface area contributed by atoms with E-state index in [0.717, 1.165) is 32.1 Å². The summed E-state index contributed by atoms with van der Waals surface area (Å²) in [5, 5.41) is 42.9. The first kappa shape index (κ1) is 35.8. The van der Waals surface area contributed by atoms with Gasteiger partial charge in [-0.1, -0.05) is 128 Å². The van der Waals surface area contributed by atoms with Gasteiger partial charge in [0.25, 0.3) is 0 Å². The second kappa shape index (κ2) is 26.4. The number of hydrogen-bond donors (Lipinski definition) is 5. The van der Waals surface area contributed by atoms with Crippen molar-refractivity contribution in [2.45, 2.75) is 160 Å². The van der Waals surface area contributed by atoms with Crippen molar-refractivity contribution in [3.63, 3.8) is 0 Å². The fourth-order valence-corrected chi connectivity index (χ4v) is 4.38. The van der Waals surface area contributed by atoms with E-state index in [9.17, 15) is 25.2 Å². The van der Waals surface area contributed by atoms with Gasteiger partial charge in [-0.15, -0.1) is 0 Å². The first-order chi connectivity index (χ1) is 18.0. The third-order valence-corrected chi connectivity index (χ3v) is 6.93. The van der Waals surface area contributed by atoms with Crippen LogP contribution in [0.25, 0.3) is 0 Å². The van der Waals surface area contributed by atoms with Gasteiger partial charge in [0.1, 0.15) is 12.2 Å². The fourth-order valence-electron chi connectivity index (χ4n) is 4.38. The van der Waals surface area contributed by atoms with Crippen LogP contribution in [0.5, 0.6) is 0 Å². The summed E-state index contributed by atoms with van der Waals surface area (Å²) in [6.45, 7) is 3.93. The van der Waals surface area contributed by atoms with Crippen LogP contribution in [-0.4, -0.2) is 57.3 Å². The van der Waals surface area contributed by atoms with Crippen LogP contribution in [0, 0.1) is 0 Å². The van der Waals surface area contributed by atoms with Crippen molar-refractivity contribution in [1.82, 2.24) is 5.32 Å². The number of allylic oxidation sites excluding steroid dienone is 3. The zero-order valence-corrected chi connectivity index (χ0v) is 24.0. The summed E-state index contributed by atoms with van der Waals surface area (Å²) < 4.78 is 0. The van der Waals surface area contributed by atoms with Crippen LogP contribution in [0.1, 0.15) is 136 Å². The molecule has 6 heteroatoms. The van der Waals surface area contributed by atoms with Crippen molar-refractivity contribution in [3.8, 4) is 0 Å². The molecule has 0 radical (unpaired) electrons. The Balaban J connectivity index is 4.05. The maximum Gasteiger partial charge on any atom is 0.249 e. The number of carbonyl (C=O) groups is 1. The molecule has 4 atom stereocenters. The molecule has 0 aliphatic rings. The average molecular weight is 526 g/mol. The molecule has 0 rings (SSSR count). The van der Waals surface area contributed by atoms with Gasteiger partial charge in [-0.3, -0.25) is 4.79 Å². The molecule has 5 N–H and O–H groups in total. The highest BCUT2D eigenvalue weighted by Gasteiger charge is 2.28. The van der Waals surface area contributed by atoms with Crippen molar-refractivity contribution in [1.29, 1.82) is 0 Å². The lowest BCUT2D eigenvalue weighted by atomic mass is 9.99. The summed E-state index contributed by atoms with van der Waals surface area (Å²) in [6, 6.07) is -1.01. The van der Waals surface area contributed by atoms with Gasteiger partial charge in [0.15, 0.2) is 0 Å². The van der Waals surface area contributed by atoms with Crippen molar-refractivity contribution in [2.75, 3.05) is 6.61 Å². The number of unbranched alkanes of at least 4 members (excludes halogenated alkanes) is 14. The number of rotatable bonds is 26. The van der Waals surface area contributed by atoms with Crippen LogP contribution in [-0.2, 0) is 4.79 Å². The number of carbonyl (C=O) groups excluding carboxylic acids is 1. The maximum atomic E-state index is 12.3. The lowest BCUT2D eigenvalue weighted by Gasteiger charge is -2.27. The Morgan fingerprint density at radius 2 is 1.22 bits per heavy atom. The Bertz CT molecular complexity index is 566. The highest BCUT2D eigenvalue weighted by atomic mass is 16.3. The Morgan fingerprint density at radius 3 is 1.78 bits per heavy atom. The van der Waals surface area contributed by atoms with E-state index in [-0.39, 0.29) is 6.42 Å². The van der Waals surface area contributed by atoms with Gasteiger partial charge in [0, 0.05) is 6.42 Å². The van der Waals surface area contributed by atoms with E-state index in [2.05, 4.69) is 31.3 Å². The van der Waals surface area contributed by atoms with Gasteiger partial charge in [-0.25, -0.2) is 0 Å². The molecule has 1 amide bonds. The quantitative estimate of drug-likeness (QED) is 0.0691. The van der Waals surface area contributed by atoms with E-state index in [1.165, 1.54) is 77.0 Å². The molecule has 0 saturated carbocycles. The van der Waals surface area contributed by atoms with Gasteiger partial charge in [0.2, 0.25) is 5.91 Å². The highest BCUT2D eigenvalue weighted by Crippen LogP contribution is 2.14. The third kappa shape index (κ3) is 21.4. The molecule has 0 bridgehead atoms. The third-order valence-electron chi connectivity index (χ3n) is 6.93. The molecule has 0 fully saturated rings. The topological polar surface area (TPSA) is 110 Å². The maximum absolute atomic E-state index is 12.3. The largest absolute Gasteiger partial charge is 0.394 e. The summed E-state index contributed by atoms with van der Waals surface area (Å²) >= 11 is 0. The van der Waals surface area contributed by atoms with Crippen LogP contribution >= 0.6 is 0 Å². The first-order valence-electron chi connectivity index (χ1n) is 15.2. The van der Waals surface area contributed by atoms with Crippen molar-refractivity contribution >= 4 is 5.91 Å². The van der Waals surface area contributed by atoms with E-state index in [1.807, 2.05) is 6.08 Å². The van der Waals surface area contributed by atoms with E-state index in [4.69, 9.17) is 0 Å². The second-order valence-corrected chi connectivity index (χ2v) is 10.5. The van der Waals surface area contributed by atoms with Crippen molar-refractivity contribution < 1.29 is 25.2 Å². The van der Waals surface area contributed by atoms with Crippen LogP contribution in [0.15, 0.2) is 24.3 Å². The normalized spacial score (nSPS) is 15.3. The Labute approximate surface area is 227 Å². The van der Waals surface area contributed by atoms with E-state index >= 15 is 0 Å². The molecule has 0 aromatic heterocycles. The summed E-state index contributed by atoms with van der Waals surface area (Å²) in [7, 11) is 0. The number of aliphatic hydroxyl groups excluding tert-OH is 4. The average Bonchev–Trinajstić information content (AvgIpc) is 2.90. The minimum atomic E-state index is -1.28. The van der Waals surface area contributed by atoms with Crippen LogP contribution < -0.4 is 5.32 Å². The number of nitrogens with one attached hydrogen (secondary N) is 1. The minimum absolute atomic E-state index is 0.159. The van der Waals surface area contributed by atoms with E-state index < -0.39 is 36.9 Å². The first-order valence-corrected chi connectivity index (χ1v) is 15.2. The van der Waals surface area contributed by atoms with E-state index in [1.54, 1.807) is 6.08 Å². The van der Waals surface area contributed by atoms with Gasteiger partial charge in [-0.2, -0.15) is 0 Å². The van der Waals surface area contributed by atoms with Gasteiger partial charge in [-0.05, 0) is 25.7 Å². The standard InChI is InChI=1S/C31H59NO5/c1-3-5-7-9-11-13-14-15-17-19-21-23-25-29(35)31(37)32-27(26-33)30(36)28(34)24-22-20-18-16-12-10-8-6-4-2/h15,17,21,23,27-30,33-36H,3-14,16,18-20,22,24-26H2,1-2H3,(H,32,37)/b17-15-,23-21-. The molecule has 0 aliphatic carbocycles. The lowest BCUT2D eigenvalue weighted by Crippen LogP contribution is -2.53. The molecule has 0 heterocycles. The van der Waals surface area contributed by atoms with Crippen LogP contribution in [0.2, 0.25) is 0 Å². The van der Waals surface area contributed by atoms with Gasteiger partial charge in [0.05, 0.1) is 18.8 Å². The molecule has 0 aromatic carbocycles. The Kier molecular flexibility index (Phi) is 25.5. The number of aliphatic hydroxyl groups is 4. The van der Waals surface area contributed by atoms with Crippen LogP contribution in [0.3, 0.4) is 0 Å². The molecule has 6 nitrogen and oxygen atoms in total. The predicted octanol–water partition coefficient (Wildman–Crippen LogP) is 6.11. The summed E-state index contributed by atoms with van der Waals surface area (Å²) in [5.41, 5.74) is 0. The Hall–Kier alpha value is -1.21. The van der Waals surface area contributed by atoms with Gasteiger partial charge < -0.3 is 25.7 Å². The molecule has 4 unspecified atom stereocenters. The molecule has 0 saturated heterocycles. The molecule has 0 aliphatic heterocycles. The number of amides is 1. The summed E-state index contributed by atoms with van der Waals surface area (Å²) in [5.74, 6) is -0.656. The molecule has 37 heavy (non-hydrogen) atoms. The second-order valence-electron chi connectivity index (χ2n) is 10.5. The summed E-state index contributed by atoms with van der Waals surface area (Å²) in [6.07, 6.45) is 25.0. The van der Waals surface area contributed by atoms with E-state index in [0.29, 0.717) is 6.42 Å². The van der Waals surface area contributed by atoms with Crippen molar-refractivity contribution in [3.05, 3.63) is 24.3 Å². The zero-order chi connectivity index (χ0) is 27.6. The lowest BCUT2D eigenvalue weighted by molar-refractivity contribution is -0.132. The molecular formula is C31H59NO5. The molecule has 0 spiro atoms. The molecule has 0 aromatic rings. The van der Waals surface area contributed by atoms with Crippen LogP contribution in [0.4, 0.5) is 0 Å². The predicted molar refractivity (Wildman–Crippen MR) is 154 cm³/mol. The monoisotopic (exact) mass is 525 g/mol. The SMILES string of the molecule is CCCCCCCC/C=C\C/C=C\CC(O)C(=O)NC(CO)C(O)C(O)CCCCCCCCCCC. The Morgan fingerprint density at radius 1 is 0.703 bits per heavy atom. The summed E-state index contributed by atoms with van der Waals surface area (Å²) in [4.78, 5) is 12.3. The molecule has 218 valence electrons. The fraction of sp³-hybridized carbons (Fsp3) is 0.839. The zero-order valence-electron chi connectivity index (χ0n) is 24.0. The smallest absolute Gasteiger partial charge is 0.249 e. The van der Waals surface area contributed by atoms with Gasteiger partial charge >= 0.3 is 0 Å².